The van der Waals surface area contributed by atoms with Crippen LogP contribution in [0.5, 0.6) is 0 Å². The zero-order chi connectivity index (χ0) is 26.3. The number of aliphatic hydroxyl groups is 1. The van der Waals surface area contributed by atoms with Gasteiger partial charge in [0.2, 0.25) is 0 Å². The Hall–Kier alpha value is -2.66. The number of thiazole rings is 1. The summed E-state index contributed by atoms with van der Waals surface area (Å²) >= 11 is 1.08. The highest BCUT2D eigenvalue weighted by Crippen LogP contribution is 2.38. The maximum atomic E-state index is 14.1. The largest absolute Gasteiger partial charge is 0.389 e. The number of pyridine rings is 1. The number of halogens is 2. The van der Waals surface area contributed by atoms with Crippen molar-refractivity contribution in [2.24, 2.45) is 0 Å². The SMILES string of the molecule is Cc1cc(N[C@H]2CCCC2(F)F)ncc1-c1sc(C(=O)NCC(C)(C)O)nc1C(=O)N1CCC[C@@H]1C. The molecule has 1 saturated heterocycles. The molecule has 2 aliphatic rings. The Morgan fingerprint density at radius 1 is 1.31 bits per heavy atom. The molecule has 1 aliphatic carbocycles. The fraction of sp³-hybridized carbons (Fsp3) is 0.600. The maximum Gasteiger partial charge on any atom is 0.280 e. The molecule has 0 aromatic carbocycles. The molecule has 0 bridgehead atoms. The first kappa shape index (κ1) is 26.4. The van der Waals surface area contributed by atoms with E-state index in [0.717, 1.165) is 29.7 Å². The van der Waals surface area contributed by atoms with E-state index in [-0.39, 0.29) is 35.6 Å². The van der Waals surface area contributed by atoms with Crippen LogP contribution in [-0.2, 0) is 0 Å². The molecule has 2 fully saturated rings. The summed E-state index contributed by atoms with van der Waals surface area (Å²) in [7, 11) is 0. The van der Waals surface area contributed by atoms with Gasteiger partial charge in [0.05, 0.1) is 16.5 Å². The number of aromatic nitrogens is 2. The number of carbonyl (C=O) groups is 2. The van der Waals surface area contributed by atoms with Gasteiger partial charge in [0.25, 0.3) is 17.7 Å². The van der Waals surface area contributed by atoms with Crippen LogP contribution in [0.15, 0.2) is 12.3 Å². The van der Waals surface area contributed by atoms with Crippen molar-refractivity contribution in [1.29, 1.82) is 0 Å². The van der Waals surface area contributed by atoms with Crippen LogP contribution < -0.4 is 10.6 Å². The van der Waals surface area contributed by atoms with Gasteiger partial charge in [0.15, 0.2) is 5.01 Å². The number of hydrogen-bond acceptors (Lipinski definition) is 7. The summed E-state index contributed by atoms with van der Waals surface area (Å²) in [5.41, 5.74) is 0.422. The summed E-state index contributed by atoms with van der Waals surface area (Å²) in [6.45, 7) is 7.61. The third kappa shape index (κ3) is 5.67. The zero-order valence-corrected chi connectivity index (χ0v) is 21.8. The number of alkyl halides is 2. The highest BCUT2D eigenvalue weighted by molar-refractivity contribution is 7.17. The van der Waals surface area contributed by atoms with Crippen molar-refractivity contribution in [1.82, 2.24) is 20.2 Å². The van der Waals surface area contributed by atoms with Gasteiger partial charge in [-0.05, 0) is 65.0 Å². The number of rotatable bonds is 7. The molecule has 1 saturated carbocycles. The van der Waals surface area contributed by atoms with Crippen molar-refractivity contribution in [3.8, 4) is 10.4 Å². The Balaban J connectivity index is 1.66. The topological polar surface area (TPSA) is 107 Å². The Morgan fingerprint density at radius 3 is 2.64 bits per heavy atom. The van der Waals surface area contributed by atoms with E-state index < -0.39 is 23.5 Å². The Morgan fingerprint density at radius 2 is 2.06 bits per heavy atom. The van der Waals surface area contributed by atoms with Gasteiger partial charge in [0, 0.05) is 37.3 Å². The Labute approximate surface area is 213 Å². The second-order valence-corrected chi connectivity index (χ2v) is 11.4. The number of hydrogen-bond donors (Lipinski definition) is 3. The van der Waals surface area contributed by atoms with Crippen molar-refractivity contribution in [2.75, 3.05) is 18.4 Å². The number of aryl methyl sites for hydroxylation is 1. The fourth-order valence-electron chi connectivity index (χ4n) is 4.64. The second-order valence-electron chi connectivity index (χ2n) is 10.4. The lowest BCUT2D eigenvalue weighted by Gasteiger charge is -2.22. The van der Waals surface area contributed by atoms with Crippen molar-refractivity contribution < 1.29 is 23.5 Å². The van der Waals surface area contributed by atoms with Crippen LogP contribution in [0.1, 0.15) is 78.7 Å². The standard InChI is InChI=1S/C25H33F2N5O3S/c1-14-11-18(30-17-8-5-9-25(17,26)27)28-12-16(14)20-19(23(34)32-10-6-7-15(32)2)31-22(36-20)21(33)29-13-24(3,4)35/h11-12,15,17,35H,5-10,13H2,1-4H3,(H,28,30)(H,29,33)/t15-,17-/m0/s1. The molecule has 4 rings (SSSR count). The molecule has 8 nitrogen and oxygen atoms in total. The van der Waals surface area contributed by atoms with Gasteiger partial charge in [-0.3, -0.25) is 9.59 Å². The minimum Gasteiger partial charge on any atom is -0.389 e. The fourth-order valence-corrected chi connectivity index (χ4v) is 5.69. The number of amides is 2. The Kier molecular flexibility index (Phi) is 7.34. The van der Waals surface area contributed by atoms with Crippen molar-refractivity contribution >= 4 is 29.0 Å². The van der Waals surface area contributed by atoms with E-state index in [9.17, 15) is 23.5 Å². The van der Waals surface area contributed by atoms with Crippen LogP contribution in [0.2, 0.25) is 0 Å². The van der Waals surface area contributed by atoms with Crippen molar-refractivity contribution in [3.63, 3.8) is 0 Å². The van der Waals surface area contributed by atoms with Crippen LogP contribution in [0.4, 0.5) is 14.6 Å². The third-order valence-electron chi connectivity index (χ3n) is 6.71. The van der Waals surface area contributed by atoms with Crippen LogP contribution in [-0.4, -0.2) is 68.5 Å². The molecule has 0 unspecified atom stereocenters. The van der Waals surface area contributed by atoms with E-state index in [1.165, 1.54) is 0 Å². The van der Waals surface area contributed by atoms with Crippen LogP contribution in [0.25, 0.3) is 10.4 Å². The van der Waals surface area contributed by atoms with Gasteiger partial charge in [-0.25, -0.2) is 18.7 Å². The van der Waals surface area contributed by atoms with Crippen LogP contribution in [0, 0.1) is 6.92 Å². The molecule has 196 valence electrons. The molecule has 2 aromatic heterocycles. The molecule has 2 atom stereocenters. The van der Waals surface area contributed by atoms with Crippen molar-refractivity contribution in [3.05, 3.63) is 28.5 Å². The minimum absolute atomic E-state index is 0.0277. The van der Waals surface area contributed by atoms with Gasteiger partial charge < -0.3 is 20.6 Å². The highest BCUT2D eigenvalue weighted by Gasteiger charge is 2.44. The van der Waals surface area contributed by atoms with Gasteiger partial charge in [-0.2, -0.15) is 0 Å². The Bertz CT molecular complexity index is 1150. The third-order valence-corrected chi connectivity index (χ3v) is 7.80. The predicted molar refractivity (Wildman–Crippen MR) is 135 cm³/mol. The van der Waals surface area contributed by atoms with E-state index >= 15 is 0 Å². The van der Waals surface area contributed by atoms with Crippen molar-refractivity contribution in [2.45, 2.75) is 83.4 Å². The first-order chi connectivity index (χ1) is 16.9. The highest BCUT2D eigenvalue weighted by atomic mass is 32.1. The minimum atomic E-state index is -2.77. The number of nitrogens with one attached hydrogen (secondary N) is 2. The summed E-state index contributed by atoms with van der Waals surface area (Å²) < 4.78 is 28.2. The van der Waals surface area contributed by atoms with E-state index in [0.29, 0.717) is 35.6 Å². The molecule has 0 spiro atoms. The lowest BCUT2D eigenvalue weighted by molar-refractivity contribution is -0.000702. The normalized spacial score (nSPS) is 21.6. The second kappa shape index (κ2) is 10.0. The number of anilines is 1. The number of likely N-dealkylation sites (tertiary alicyclic amines) is 1. The van der Waals surface area contributed by atoms with Gasteiger partial charge >= 0.3 is 0 Å². The van der Waals surface area contributed by atoms with E-state index in [2.05, 4.69) is 20.6 Å². The average molecular weight is 522 g/mol. The molecule has 2 aromatic rings. The molecular formula is C25H33F2N5O3S. The van der Waals surface area contributed by atoms with Gasteiger partial charge in [0.1, 0.15) is 11.5 Å². The van der Waals surface area contributed by atoms with Gasteiger partial charge in [-0.1, -0.05) is 0 Å². The molecular weight excluding hydrogens is 488 g/mol. The average Bonchev–Trinajstić information content (AvgIpc) is 3.50. The number of nitrogens with zero attached hydrogens (tertiary/aromatic N) is 3. The molecule has 0 radical (unpaired) electrons. The molecule has 2 amide bonds. The summed E-state index contributed by atoms with van der Waals surface area (Å²) in [5.74, 6) is -3.16. The quantitative estimate of drug-likeness (QED) is 0.503. The summed E-state index contributed by atoms with van der Waals surface area (Å²) in [6, 6.07) is 0.793. The monoisotopic (exact) mass is 521 g/mol. The lowest BCUT2D eigenvalue weighted by atomic mass is 10.1. The maximum absolute atomic E-state index is 14.1. The first-order valence-corrected chi connectivity index (χ1v) is 13.1. The molecule has 3 N–H and O–H groups in total. The predicted octanol–water partition coefficient (Wildman–Crippen LogP) is 4.24. The molecule has 11 heteroatoms. The molecule has 3 heterocycles. The first-order valence-electron chi connectivity index (χ1n) is 12.3. The number of carbonyl (C=O) groups excluding carboxylic acids is 2. The summed E-state index contributed by atoms with van der Waals surface area (Å²) in [5, 5.41) is 15.6. The van der Waals surface area contributed by atoms with E-state index in [1.54, 1.807) is 31.0 Å². The summed E-state index contributed by atoms with van der Waals surface area (Å²) in [6.07, 6.45) is 4.04. The van der Waals surface area contributed by atoms with Crippen LogP contribution >= 0.6 is 11.3 Å². The van der Waals surface area contributed by atoms with E-state index in [1.807, 2.05) is 13.8 Å². The smallest absolute Gasteiger partial charge is 0.280 e. The summed E-state index contributed by atoms with van der Waals surface area (Å²) in [4.78, 5) is 37.3. The van der Waals surface area contributed by atoms with E-state index in [4.69, 9.17) is 0 Å². The van der Waals surface area contributed by atoms with Gasteiger partial charge in [-0.15, -0.1) is 11.3 Å². The molecule has 1 aliphatic heterocycles. The molecule has 36 heavy (non-hydrogen) atoms. The lowest BCUT2D eigenvalue weighted by Crippen LogP contribution is -2.38. The zero-order valence-electron chi connectivity index (χ0n) is 21.0. The van der Waals surface area contributed by atoms with Crippen LogP contribution in [0.3, 0.4) is 0 Å².